The summed E-state index contributed by atoms with van der Waals surface area (Å²) in [6.07, 6.45) is 0.0606. The molecule has 3 N–H and O–H groups in total. The van der Waals surface area contributed by atoms with Crippen LogP contribution in [0.2, 0.25) is 5.02 Å². The van der Waals surface area contributed by atoms with Crippen LogP contribution in [0.1, 0.15) is 13.8 Å². The van der Waals surface area contributed by atoms with Crippen molar-refractivity contribution in [1.29, 1.82) is 0 Å². The van der Waals surface area contributed by atoms with Crippen molar-refractivity contribution in [2.75, 3.05) is 18.9 Å². The molecular weight excluding hydrogens is 276 g/mol. The summed E-state index contributed by atoms with van der Waals surface area (Å²) in [6.45, 7) is 4.25. The van der Waals surface area contributed by atoms with Crippen molar-refractivity contribution in [2.45, 2.75) is 24.8 Å². The number of sulfonamides is 1. The first-order chi connectivity index (χ1) is 8.33. The largest absolute Gasteiger partial charge is 0.399 e. The fraction of sp³-hybridized carbons (Fsp3) is 0.455. The number of rotatable bonds is 6. The Hall–Kier alpha value is -0.820. The van der Waals surface area contributed by atoms with Crippen LogP contribution in [0.3, 0.4) is 0 Å². The molecule has 0 unspecified atom stereocenters. The zero-order valence-corrected chi connectivity index (χ0v) is 11.9. The van der Waals surface area contributed by atoms with Gasteiger partial charge < -0.3 is 10.5 Å². The summed E-state index contributed by atoms with van der Waals surface area (Å²) >= 11 is 5.84. The third-order valence-corrected chi connectivity index (χ3v) is 4.03. The van der Waals surface area contributed by atoms with Crippen LogP contribution in [-0.4, -0.2) is 27.7 Å². The SMILES string of the molecule is CC(C)OCCNS(=O)(=O)c1cc(N)ccc1Cl. The van der Waals surface area contributed by atoms with Gasteiger partial charge in [-0.2, -0.15) is 0 Å². The number of nitrogens with one attached hydrogen (secondary N) is 1. The minimum absolute atomic E-state index is 0.0197. The van der Waals surface area contributed by atoms with Crippen LogP contribution < -0.4 is 10.5 Å². The molecule has 0 aliphatic heterocycles. The Bertz CT molecular complexity index is 503. The Kier molecular flexibility index (Phi) is 5.40. The van der Waals surface area contributed by atoms with Crippen molar-refractivity contribution in [3.8, 4) is 0 Å². The minimum Gasteiger partial charge on any atom is -0.399 e. The van der Waals surface area contributed by atoms with Crippen molar-refractivity contribution < 1.29 is 13.2 Å². The van der Waals surface area contributed by atoms with Crippen molar-refractivity contribution in [3.63, 3.8) is 0 Å². The number of hydrogen-bond acceptors (Lipinski definition) is 4. The Morgan fingerprint density at radius 2 is 2.11 bits per heavy atom. The predicted octanol–water partition coefficient (Wildman–Crippen LogP) is 1.63. The minimum atomic E-state index is -3.65. The molecule has 1 aromatic rings. The van der Waals surface area contributed by atoms with Crippen LogP contribution in [0.4, 0.5) is 5.69 Å². The van der Waals surface area contributed by atoms with E-state index in [9.17, 15) is 8.42 Å². The van der Waals surface area contributed by atoms with Crippen LogP contribution in [0, 0.1) is 0 Å². The highest BCUT2D eigenvalue weighted by molar-refractivity contribution is 7.89. The van der Waals surface area contributed by atoms with E-state index >= 15 is 0 Å². The highest BCUT2D eigenvalue weighted by Crippen LogP contribution is 2.23. The van der Waals surface area contributed by atoms with E-state index in [1.807, 2.05) is 13.8 Å². The van der Waals surface area contributed by atoms with Crippen LogP contribution in [0.15, 0.2) is 23.1 Å². The highest BCUT2D eigenvalue weighted by Gasteiger charge is 2.17. The number of nitrogens with two attached hydrogens (primary N) is 1. The molecule has 0 saturated heterocycles. The number of hydrogen-bond donors (Lipinski definition) is 2. The predicted molar refractivity (Wildman–Crippen MR) is 72.1 cm³/mol. The van der Waals surface area contributed by atoms with Gasteiger partial charge in [0, 0.05) is 12.2 Å². The van der Waals surface area contributed by atoms with E-state index in [2.05, 4.69) is 4.72 Å². The van der Waals surface area contributed by atoms with E-state index in [0.717, 1.165) is 0 Å². The second kappa shape index (κ2) is 6.38. The zero-order chi connectivity index (χ0) is 13.8. The van der Waals surface area contributed by atoms with Crippen LogP contribution in [0.5, 0.6) is 0 Å². The van der Waals surface area contributed by atoms with Gasteiger partial charge in [0.25, 0.3) is 0 Å². The first kappa shape index (κ1) is 15.2. The fourth-order valence-electron chi connectivity index (χ4n) is 1.27. The second-order valence-electron chi connectivity index (χ2n) is 4.01. The van der Waals surface area contributed by atoms with Gasteiger partial charge in [0.05, 0.1) is 17.7 Å². The molecule has 102 valence electrons. The van der Waals surface area contributed by atoms with Gasteiger partial charge in [0.2, 0.25) is 10.0 Å². The molecule has 0 fully saturated rings. The van der Waals surface area contributed by atoms with Gasteiger partial charge >= 0.3 is 0 Å². The van der Waals surface area contributed by atoms with Crippen molar-refractivity contribution in [1.82, 2.24) is 4.72 Å². The molecule has 0 aromatic heterocycles. The standard InChI is InChI=1S/C11H17ClN2O3S/c1-8(2)17-6-5-14-18(15,16)11-7-9(13)3-4-10(11)12/h3-4,7-8,14H,5-6,13H2,1-2H3. The van der Waals surface area contributed by atoms with Crippen molar-refractivity contribution >= 4 is 27.3 Å². The second-order valence-corrected chi connectivity index (χ2v) is 6.15. The first-order valence-corrected chi connectivity index (χ1v) is 7.35. The van der Waals surface area contributed by atoms with E-state index < -0.39 is 10.0 Å². The van der Waals surface area contributed by atoms with E-state index in [-0.39, 0.29) is 22.6 Å². The molecule has 5 nitrogen and oxygen atoms in total. The molecule has 1 rings (SSSR count). The summed E-state index contributed by atoms with van der Waals surface area (Å²) in [5.74, 6) is 0. The Labute approximate surface area is 112 Å². The molecule has 0 atom stereocenters. The molecular formula is C11H17ClN2O3S. The van der Waals surface area contributed by atoms with Crippen molar-refractivity contribution in [3.05, 3.63) is 23.2 Å². The lowest BCUT2D eigenvalue weighted by molar-refractivity contribution is 0.0834. The highest BCUT2D eigenvalue weighted by atomic mass is 35.5. The fourth-order valence-corrected chi connectivity index (χ4v) is 2.82. The lowest BCUT2D eigenvalue weighted by Gasteiger charge is -2.10. The maximum absolute atomic E-state index is 11.9. The van der Waals surface area contributed by atoms with Crippen LogP contribution in [-0.2, 0) is 14.8 Å². The Balaban J connectivity index is 2.71. The third-order valence-electron chi connectivity index (χ3n) is 2.09. The molecule has 0 radical (unpaired) electrons. The number of ether oxygens (including phenoxy) is 1. The third kappa shape index (κ3) is 4.45. The van der Waals surface area contributed by atoms with Crippen LogP contribution >= 0.6 is 11.6 Å². The molecule has 7 heteroatoms. The first-order valence-electron chi connectivity index (χ1n) is 5.49. The molecule has 0 aliphatic rings. The maximum atomic E-state index is 11.9. The molecule has 0 amide bonds. The summed E-state index contributed by atoms with van der Waals surface area (Å²) in [5.41, 5.74) is 5.89. The number of benzene rings is 1. The van der Waals surface area contributed by atoms with Gasteiger partial charge in [-0.05, 0) is 32.0 Å². The number of anilines is 1. The average molecular weight is 293 g/mol. The molecule has 18 heavy (non-hydrogen) atoms. The molecule has 0 heterocycles. The Morgan fingerprint density at radius 3 is 2.72 bits per heavy atom. The summed E-state index contributed by atoms with van der Waals surface area (Å²) in [5, 5.41) is 0.140. The summed E-state index contributed by atoms with van der Waals surface area (Å²) in [7, 11) is -3.65. The maximum Gasteiger partial charge on any atom is 0.242 e. The summed E-state index contributed by atoms with van der Waals surface area (Å²) in [6, 6.07) is 4.33. The van der Waals surface area contributed by atoms with E-state index in [0.29, 0.717) is 12.3 Å². The van der Waals surface area contributed by atoms with Crippen molar-refractivity contribution in [2.24, 2.45) is 0 Å². The normalized spacial score (nSPS) is 12.0. The molecule has 1 aromatic carbocycles. The number of nitrogen functional groups attached to an aromatic ring is 1. The topological polar surface area (TPSA) is 81.4 Å². The van der Waals surface area contributed by atoms with E-state index in [4.69, 9.17) is 22.1 Å². The quantitative estimate of drug-likeness (QED) is 0.617. The number of halogens is 1. The molecule has 0 bridgehead atoms. The van der Waals surface area contributed by atoms with Gasteiger partial charge in [-0.3, -0.25) is 0 Å². The molecule has 0 aliphatic carbocycles. The molecule has 0 spiro atoms. The van der Waals surface area contributed by atoms with Gasteiger partial charge in [-0.1, -0.05) is 11.6 Å². The van der Waals surface area contributed by atoms with Gasteiger partial charge in [-0.15, -0.1) is 0 Å². The molecule has 0 saturated carbocycles. The summed E-state index contributed by atoms with van der Waals surface area (Å²) < 4.78 is 31.5. The Morgan fingerprint density at radius 1 is 1.44 bits per heavy atom. The lowest BCUT2D eigenvalue weighted by atomic mass is 10.3. The average Bonchev–Trinajstić information content (AvgIpc) is 2.27. The smallest absolute Gasteiger partial charge is 0.242 e. The van der Waals surface area contributed by atoms with E-state index in [1.54, 1.807) is 6.07 Å². The zero-order valence-electron chi connectivity index (χ0n) is 10.3. The van der Waals surface area contributed by atoms with Gasteiger partial charge in [0.1, 0.15) is 4.90 Å². The van der Waals surface area contributed by atoms with Gasteiger partial charge in [0.15, 0.2) is 0 Å². The summed E-state index contributed by atoms with van der Waals surface area (Å²) in [4.78, 5) is -0.0197. The van der Waals surface area contributed by atoms with E-state index in [1.165, 1.54) is 12.1 Å². The van der Waals surface area contributed by atoms with Gasteiger partial charge in [-0.25, -0.2) is 13.1 Å². The monoisotopic (exact) mass is 292 g/mol. The van der Waals surface area contributed by atoms with Crippen LogP contribution in [0.25, 0.3) is 0 Å². The lowest BCUT2D eigenvalue weighted by Crippen LogP contribution is -2.28.